The molecule has 0 N–H and O–H groups in total. The van der Waals surface area contributed by atoms with E-state index in [-0.39, 0.29) is 23.9 Å². The van der Waals surface area contributed by atoms with E-state index in [4.69, 9.17) is 4.74 Å². The van der Waals surface area contributed by atoms with Gasteiger partial charge in [-0.15, -0.1) is 5.10 Å². The Morgan fingerprint density at radius 2 is 1.90 bits per heavy atom. The summed E-state index contributed by atoms with van der Waals surface area (Å²) in [6, 6.07) is 13.2. The Kier molecular flexibility index (Phi) is 5.24. The lowest BCUT2D eigenvalue weighted by Gasteiger charge is -2.27. The van der Waals surface area contributed by atoms with Crippen molar-refractivity contribution in [2.75, 3.05) is 6.54 Å². The van der Waals surface area contributed by atoms with E-state index in [2.05, 4.69) is 5.10 Å². The van der Waals surface area contributed by atoms with Crippen LogP contribution in [0, 0.1) is 5.82 Å². The van der Waals surface area contributed by atoms with Crippen molar-refractivity contribution in [3.05, 3.63) is 82.8 Å². The zero-order valence-electron chi connectivity index (χ0n) is 15.4. The zero-order chi connectivity index (χ0) is 20.4. The molecule has 4 rings (SSSR count). The maximum absolute atomic E-state index is 13.1. The van der Waals surface area contributed by atoms with Crippen molar-refractivity contribution in [3.63, 3.8) is 0 Å². The molecule has 150 valence electrons. The highest BCUT2D eigenvalue weighted by Gasteiger charge is 2.23. The van der Waals surface area contributed by atoms with Crippen LogP contribution in [-0.2, 0) is 19.7 Å². The molecule has 0 fully saturated rings. The highest BCUT2D eigenvalue weighted by atomic mass is 19.3. The Morgan fingerprint density at radius 3 is 2.66 bits per heavy atom. The van der Waals surface area contributed by atoms with Crippen molar-refractivity contribution < 1.29 is 22.7 Å². The monoisotopic (exact) mass is 401 g/mol. The Labute approximate surface area is 165 Å². The maximum atomic E-state index is 13.1. The van der Waals surface area contributed by atoms with Crippen LogP contribution in [0.1, 0.15) is 33.6 Å². The van der Waals surface area contributed by atoms with Gasteiger partial charge in [0.1, 0.15) is 12.4 Å². The molecule has 0 aliphatic carbocycles. The number of carbonyl (C=O) groups is 1. The van der Waals surface area contributed by atoms with Gasteiger partial charge in [0.15, 0.2) is 0 Å². The second-order valence-corrected chi connectivity index (χ2v) is 6.77. The number of nitrogens with zero attached hydrogens (tertiary/aromatic N) is 3. The summed E-state index contributed by atoms with van der Waals surface area (Å²) in [7, 11) is 0. The molecule has 8 heteroatoms. The second kappa shape index (κ2) is 7.98. The first-order chi connectivity index (χ1) is 14.0. The van der Waals surface area contributed by atoms with Crippen LogP contribution in [0.2, 0.25) is 0 Å². The van der Waals surface area contributed by atoms with Crippen LogP contribution >= 0.6 is 0 Å². The minimum Gasteiger partial charge on any atom is -0.472 e. The van der Waals surface area contributed by atoms with E-state index >= 15 is 0 Å². The standard InChI is InChI=1S/C21H18F3N3O2/c22-17-6-4-15(5-7-17)21(28)26-8-9-27-18(12-26)11-19(25-27)29-13-14-2-1-3-16(10-14)20(23)24/h1-7,10-11,20H,8-9,12-13H2. The van der Waals surface area contributed by atoms with Crippen molar-refractivity contribution in [2.24, 2.45) is 0 Å². The number of halogens is 3. The van der Waals surface area contributed by atoms with E-state index in [0.717, 1.165) is 5.69 Å². The molecular formula is C21H18F3N3O2. The Balaban J connectivity index is 1.41. The molecule has 3 aromatic rings. The van der Waals surface area contributed by atoms with Crippen LogP contribution in [0.25, 0.3) is 0 Å². The summed E-state index contributed by atoms with van der Waals surface area (Å²) in [4.78, 5) is 14.3. The summed E-state index contributed by atoms with van der Waals surface area (Å²) in [6.45, 7) is 1.45. The van der Waals surface area contributed by atoms with E-state index in [1.54, 1.807) is 27.8 Å². The van der Waals surface area contributed by atoms with E-state index in [9.17, 15) is 18.0 Å². The molecule has 1 amide bonds. The average Bonchev–Trinajstić information content (AvgIpc) is 3.14. The Morgan fingerprint density at radius 1 is 1.10 bits per heavy atom. The van der Waals surface area contributed by atoms with Gasteiger partial charge in [-0.05, 0) is 35.9 Å². The molecule has 29 heavy (non-hydrogen) atoms. The van der Waals surface area contributed by atoms with Crippen LogP contribution in [0.5, 0.6) is 5.88 Å². The molecule has 1 aliphatic rings. The summed E-state index contributed by atoms with van der Waals surface area (Å²) in [5.41, 5.74) is 1.81. The molecule has 0 spiro atoms. The van der Waals surface area contributed by atoms with Gasteiger partial charge < -0.3 is 9.64 Å². The number of amides is 1. The minimum atomic E-state index is -2.53. The summed E-state index contributed by atoms with van der Waals surface area (Å²) in [6.07, 6.45) is -2.53. The van der Waals surface area contributed by atoms with Gasteiger partial charge in [-0.2, -0.15) is 0 Å². The molecule has 5 nitrogen and oxygen atoms in total. The third kappa shape index (κ3) is 4.26. The fourth-order valence-corrected chi connectivity index (χ4v) is 3.23. The fraction of sp³-hybridized carbons (Fsp3) is 0.238. The SMILES string of the molecule is O=C(c1ccc(F)cc1)N1CCn2nc(OCc3cccc(C(F)F)c3)cc2C1. The Hall–Kier alpha value is -3.29. The van der Waals surface area contributed by atoms with Crippen molar-refractivity contribution in [3.8, 4) is 5.88 Å². The van der Waals surface area contributed by atoms with Crippen molar-refractivity contribution in [2.45, 2.75) is 26.1 Å². The molecule has 0 radical (unpaired) electrons. The third-order valence-electron chi connectivity index (χ3n) is 4.74. The molecule has 1 aliphatic heterocycles. The quantitative estimate of drug-likeness (QED) is 0.644. The lowest BCUT2D eigenvalue weighted by Crippen LogP contribution is -2.38. The van der Waals surface area contributed by atoms with Crippen LogP contribution < -0.4 is 4.74 Å². The Bertz CT molecular complexity index is 1020. The van der Waals surface area contributed by atoms with Crippen LogP contribution in [0.3, 0.4) is 0 Å². The topological polar surface area (TPSA) is 47.4 Å². The van der Waals surface area contributed by atoms with E-state index < -0.39 is 6.43 Å². The van der Waals surface area contributed by atoms with Gasteiger partial charge in [0.25, 0.3) is 12.3 Å². The summed E-state index contributed by atoms with van der Waals surface area (Å²) < 4.78 is 46.1. The minimum absolute atomic E-state index is 0.0508. The molecular weight excluding hydrogens is 383 g/mol. The fourth-order valence-electron chi connectivity index (χ4n) is 3.23. The second-order valence-electron chi connectivity index (χ2n) is 6.77. The van der Waals surface area contributed by atoms with Crippen molar-refractivity contribution >= 4 is 5.91 Å². The molecule has 0 unspecified atom stereocenters. The first-order valence-electron chi connectivity index (χ1n) is 9.11. The van der Waals surface area contributed by atoms with E-state index in [1.165, 1.54) is 36.4 Å². The van der Waals surface area contributed by atoms with Crippen molar-refractivity contribution in [1.29, 1.82) is 0 Å². The van der Waals surface area contributed by atoms with E-state index in [1.807, 2.05) is 0 Å². The smallest absolute Gasteiger partial charge is 0.263 e. The van der Waals surface area contributed by atoms with Crippen LogP contribution in [0.4, 0.5) is 13.2 Å². The largest absolute Gasteiger partial charge is 0.472 e. The van der Waals surface area contributed by atoms with E-state index in [0.29, 0.717) is 36.6 Å². The predicted molar refractivity (Wildman–Crippen MR) is 99.1 cm³/mol. The number of hydrogen-bond donors (Lipinski definition) is 0. The first-order valence-corrected chi connectivity index (χ1v) is 9.11. The highest BCUT2D eigenvalue weighted by Crippen LogP contribution is 2.22. The van der Waals surface area contributed by atoms with Gasteiger partial charge in [-0.1, -0.05) is 18.2 Å². The van der Waals surface area contributed by atoms with Gasteiger partial charge in [0.2, 0.25) is 5.88 Å². The lowest BCUT2D eigenvalue weighted by atomic mass is 10.1. The first kappa shape index (κ1) is 19.0. The molecule has 2 heterocycles. The lowest BCUT2D eigenvalue weighted by molar-refractivity contribution is 0.0706. The third-order valence-corrected chi connectivity index (χ3v) is 4.74. The zero-order valence-corrected chi connectivity index (χ0v) is 15.4. The summed E-state index contributed by atoms with van der Waals surface area (Å²) >= 11 is 0. The molecule has 1 aromatic heterocycles. The maximum Gasteiger partial charge on any atom is 0.263 e. The van der Waals surface area contributed by atoms with Gasteiger partial charge in [0.05, 0.1) is 18.8 Å². The number of fused-ring (bicyclic) bond motifs is 1. The van der Waals surface area contributed by atoms with Crippen LogP contribution in [-0.4, -0.2) is 27.1 Å². The van der Waals surface area contributed by atoms with Gasteiger partial charge >= 0.3 is 0 Å². The number of ether oxygens (including phenoxy) is 1. The summed E-state index contributed by atoms with van der Waals surface area (Å²) in [5.74, 6) is -0.193. The number of hydrogen-bond acceptors (Lipinski definition) is 3. The summed E-state index contributed by atoms with van der Waals surface area (Å²) in [5, 5.41) is 4.36. The number of carbonyl (C=O) groups excluding carboxylic acids is 1. The molecule has 0 atom stereocenters. The van der Waals surface area contributed by atoms with Gasteiger partial charge in [0, 0.05) is 23.7 Å². The normalized spacial score (nSPS) is 13.4. The molecule has 0 bridgehead atoms. The molecule has 2 aromatic carbocycles. The predicted octanol–water partition coefficient (Wildman–Crippen LogP) is 4.19. The van der Waals surface area contributed by atoms with Crippen LogP contribution in [0.15, 0.2) is 54.6 Å². The molecule has 0 saturated carbocycles. The number of aromatic nitrogens is 2. The number of benzene rings is 2. The van der Waals surface area contributed by atoms with Gasteiger partial charge in [-0.25, -0.2) is 13.2 Å². The highest BCUT2D eigenvalue weighted by molar-refractivity contribution is 5.94. The number of rotatable bonds is 5. The average molecular weight is 401 g/mol. The number of alkyl halides is 2. The van der Waals surface area contributed by atoms with Gasteiger partial charge in [-0.3, -0.25) is 9.48 Å². The molecule has 0 saturated heterocycles. The van der Waals surface area contributed by atoms with Crippen molar-refractivity contribution in [1.82, 2.24) is 14.7 Å².